The molecule has 14 heavy (non-hydrogen) atoms. The molecule has 0 fully saturated rings. The van der Waals surface area contributed by atoms with E-state index in [-0.39, 0.29) is 17.7 Å². The van der Waals surface area contributed by atoms with Crippen LogP contribution in [0.3, 0.4) is 0 Å². The lowest BCUT2D eigenvalue weighted by Crippen LogP contribution is -2.45. The van der Waals surface area contributed by atoms with E-state index in [1.165, 1.54) is 0 Å². The summed E-state index contributed by atoms with van der Waals surface area (Å²) in [5.74, 6) is 0.122. The minimum atomic E-state index is -0.493. The highest BCUT2D eigenvalue weighted by Gasteiger charge is 2.15. The highest BCUT2D eigenvalue weighted by atomic mass is 16.1. The Balaban J connectivity index is 3.54. The van der Waals surface area contributed by atoms with Crippen LogP contribution in [-0.2, 0) is 4.79 Å². The summed E-state index contributed by atoms with van der Waals surface area (Å²) >= 11 is 0. The number of rotatable bonds is 7. The number of nitrogens with two attached hydrogens (primary N) is 3. The molecular weight excluding hydrogens is 180 g/mol. The minimum Gasteiger partial charge on any atom is -0.321 e. The van der Waals surface area contributed by atoms with Gasteiger partial charge in [0.05, 0.1) is 6.04 Å². The largest absolute Gasteiger partial charge is 0.321 e. The van der Waals surface area contributed by atoms with Gasteiger partial charge >= 0.3 is 0 Å². The van der Waals surface area contributed by atoms with Gasteiger partial charge in [0, 0.05) is 5.92 Å². The van der Waals surface area contributed by atoms with Gasteiger partial charge in [0.1, 0.15) is 6.29 Å². The number of Topliss-reactive ketones (excluding diaryl/α,β-unsaturated/α-hetero) is 1. The number of nitrogens with one attached hydrogen (secondary N) is 1. The Morgan fingerprint density at radius 3 is 2.29 bits per heavy atom. The monoisotopic (exact) mass is 202 g/mol. The minimum absolute atomic E-state index is 0.00900. The molecule has 0 saturated heterocycles. The quantitative estimate of drug-likeness (QED) is 0.316. The topological polar surface area (TPSA) is 107 Å². The third kappa shape index (κ3) is 6.04. The number of carbonyl (C=O) groups excluding carboxylic acids is 1. The lowest BCUT2D eigenvalue weighted by molar-refractivity contribution is -0.123. The average Bonchev–Trinajstić information content (AvgIpc) is 2.10. The van der Waals surface area contributed by atoms with Crippen molar-refractivity contribution in [2.75, 3.05) is 6.54 Å². The van der Waals surface area contributed by atoms with E-state index in [0.29, 0.717) is 13.0 Å². The molecule has 0 aliphatic rings. The van der Waals surface area contributed by atoms with E-state index in [0.717, 1.165) is 6.42 Å². The Bertz CT molecular complexity index is 170. The van der Waals surface area contributed by atoms with Crippen LogP contribution in [0.4, 0.5) is 0 Å². The Labute approximate surface area is 85.4 Å². The van der Waals surface area contributed by atoms with Gasteiger partial charge in [-0.2, -0.15) is 0 Å². The van der Waals surface area contributed by atoms with E-state index < -0.39 is 6.29 Å². The predicted molar refractivity (Wildman–Crippen MR) is 57.2 cm³/mol. The highest BCUT2D eigenvalue weighted by molar-refractivity contribution is 5.85. The summed E-state index contributed by atoms with van der Waals surface area (Å²) in [5.41, 5.74) is 16.3. The van der Waals surface area contributed by atoms with E-state index in [2.05, 4.69) is 5.32 Å². The van der Waals surface area contributed by atoms with Crippen LogP contribution in [-0.4, -0.2) is 24.7 Å². The molecule has 0 spiro atoms. The zero-order valence-electron chi connectivity index (χ0n) is 8.99. The first-order valence-corrected chi connectivity index (χ1v) is 4.99. The third-order valence-electron chi connectivity index (χ3n) is 2.01. The standard InChI is InChI=1S/C9H22N4O/c1-6(2)8(14)7(10)4-3-5-13-9(11)12/h6-7,9,13H,3-5,10-12H2,1-2H3/t7-/m0/s1. The summed E-state index contributed by atoms with van der Waals surface area (Å²) in [6.07, 6.45) is 0.994. The van der Waals surface area contributed by atoms with Crippen molar-refractivity contribution in [1.29, 1.82) is 0 Å². The molecule has 1 atom stereocenters. The Morgan fingerprint density at radius 2 is 1.86 bits per heavy atom. The van der Waals surface area contributed by atoms with Gasteiger partial charge in [0.25, 0.3) is 0 Å². The summed E-state index contributed by atoms with van der Waals surface area (Å²) < 4.78 is 0. The van der Waals surface area contributed by atoms with Gasteiger partial charge in [-0.1, -0.05) is 13.8 Å². The first kappa shape index (κ1) is 13.5. The van der Waals surface area contributed by atoms with Gasteiger partial charge in [-0.3, -0.25) is 10.1 Å². The van der Waals surface area contributed by atoms with E-state index in [1.54, 1.807) is 0 Å². The number of ketones is 1. The SMILES string of the molecule is CC(C)C(=O)[C@@H](N)CCCNC(N)N. The molecule has 0 bridgehead atoms. The zero-order valence-corrected chi connectivity index (χ0v) is 8.99. The fourth-order valence-corrected chi connectivity index (χ4v) is 1.16. The van der Waals surface area contributed by atoms with Crippen LogP contribution in [0.1, 0.15) is 26.7 Å². The van der Waals surface area contributed by atoms with E-state index in [4.69, 9.17) is 17.2 Å². The average molecular weight is 202 g/mol. The van der Waals surface area contributed by atoms with Gasteiger partial charge in [0.2, 0.25) is 0 Å². The second kappa shape index (κ2) is 6.89. The Kier molecular flexibility index (Phi) is 6.65. The fraction of sp³-hybridized carbons (Fsp3) is 0.889. The number of hydrogen-bond acceptors (Lipinski definition) is 5. The maximum absolute atomic E-state index is 11.4. The fourth-order valence-electron chi connectivity index (χ4n) is 1.16. The van der Waals surface area contributed by atoms with E-state index in [1.807, 2.05) is 13.8 Å². The molecule has 0 aromatic heterocycles. The van der Waals surface area contributed by atoms with Crippen LogP contribution < -0.4 is 22.5 Å². The van der Waals surface area contributed by atoms with Crippen molar-refractivity contribution in [2.45, 2.75) is 39.0 Å². The lowest BCUT2D eigenvalue weighted by Gasteiger charge is -2.13. The zero-order chi connectivity index (χ0) is 11.1. The van der Waals surface area contributed by atoms with Gasteiger partial charge in [-0.05, 0) is 19.4 Å². The molecule has 7 N–H and O–H groups in total. The molecule has 0 rings (SSSR count). The molecule has 0 aromatic rings. The lowest BCUT2D eigenvalue weighted by atomic mass is 9.99. The molecule has 0 saturated carbocycles. The summed E-state index contributed by atoms with van der Waals surface area (Å²) in [7, 11) is 0. The molecule has 0 unspecified atom stereocenters. The molecule has 0 amide bonds. The second-order valence-electron chi connectivity index (χ2n) is 3.79. The third-order valence-corrected chi connectivity index (χ3v) is 2.01. The van der Waals surface area contributed by atoms with Crippen LogP contribution >= 0.6 is 0 Å². The molecule has 0 radical (unpaired) electrons. The van der Waals surface area contributed by atoms with Crippen LogP contribution in [0.2, 0.25) is 0 Å². The molecule has 5 nitrogen and oxygen atoms in total. The number of carbonyl (C=O) groups is 1. The van der Waals surface area contributed by atoms with Crippen molar-refractivity contribution >= 4 is 5.78 Å². The molecule has 0 heterocycles. The van der Waals surface area contributed by atoms with Gasteiger partial charge in [-0.25, -0.2) is 0 Å². The van der Waals surface area contributed by atoms with Crippen LogP contribution in [0, 0.1) is 5.92 Å². The molecule has 0 aliphatic heterocycles. The van der Waals surface area contributed by atoms with Gasteiger partial charge in [0.15, 0.2) is 5.78 Å². The Hall–Kier alpha value is -0.490. The summed E-state index contributed by atoms with van der Waals surface area (Å²) in [5, 5.41) is 2.86. The maximum atomic E-state index is 11.4. The summed E-state index contributed by atoms with van der Waals surface area (Å²) in [6.45, 7) is 4.41. The van der Waals surface area contributed by atoms with Crippen molar-refractivity contribution in [2.24, 2.45) is 23.1 Å². The normalized spacial score (nSPS) is 13.6. The maximum Gasteiger partial charge on any atom is 0.152 e. The van der Waals surface area contributed by atoms with Crippen molar-refractivity contribution in [3.63, 3.8) is 0 Å². The van der Waals surface area contributed by atoms with Gasteiger partial charge in [-0.15, -0.1) is 0 Å². The first-order chi connectivity index (χ1) is 6.45. The van der Waals surface area contributed by atoms with Crippen molar-refractivity contribution in [3.05, 3.63) is 0 Å². The van der Waals surface area contributed by atoms with Crippen LogP contribution in [0.5, 0.6) is 0 Å². The summed E-state index contributed by atoms with van der Waals surface area (Å²) in [6, 6.07) is -0.356. The molecular formula is C9H22N4O. The van der Waals surface area contributed by atoms with Crippen LogP contribution in [0.15, 0.2) is 0 Å². The Morgan fingerprint density at radius 1 is 1.29 bits per heavy atom. The van der Waals surface area contributed by atoms with E-state index in [9.17, 15) is 4.79 Å². The number of hydrogen-bond donors (Lipinski definition) is 4. The molecule has 0 aliphatic carbocycles. The summed E-state index contributed by atoms with van der Waals surface area (Å²) in [4.78, 5) is 11.4. The first-order valence-electron chi connectivity index (χ1n) is 4.99. The van der Waals surface area contributed by atoms with E-state index >= 15 is 0 Å². The smallest absolute Gasteiger partial charge is 0.152 e. The predicted octanol–water partition coefficient (Wildman–Crippen LogP) is -0.890. The van der Waals surface area contributed by atoms with Crippen molar-refractivity contribution in [1.82, 2.24) is 5.32 Å². The van der Waals surface area contributed by atoms with Crippen molar-refractivity contribution < 1.29 is 4.79 Å². The van der Waals surface area contributed by atoms with Crippen LogP contribution in [0.25, 0.3) is 0 Å². The second-order valence-corrected chi connectivity index (χ2v) is 3.79. The van der Waals surface area contributed by atoms with Crippen molar-refractivity contribution in [3.8, 4) is 0 Å². The molecule has 5 heteroatoms. The highest BCUT2D eigenvalue weighted by Crippen LogP contribution is 2.02. The molecule has 0 aromatic carbocycles. The molecule has 84 valence electrons. The van der Waals surface area contributed by atoms with Gasteiger partial charge < -0.3 is 17.2 Å².